The van der Waals surface area contributed by atoms with Gasteiger partial charge in [-0.2, -0.15) is 0 Å². The second-order valence-corrected chi connectivity index (χ2v) is 9.29. The molecule has 0 unspecified atom stereocenters. The van der Waals surface area contributed by atoms with Gasteiger partial charge >= 0.3 is 12.1 Å². The molecule has 0 spiro atoms. The van der Waals surface area contributed by atoms with Crippen molar-refractivity contribution >= 4 is 17.8 Å². The summed E-state index contributed by atoms with van der Waals surface area (Å²) < 4.78 is 16.7. The predicted octanol–water partition coefficient (Wildman–Crippen LogP) is 3.67. The molecule has 0 N–H and O–H groups in total. The lowest BCUT2D eigenvalue weighted by atomic mass is 10.0. The van der Waals surface area contributed by atoms with Gasteiger partial charge in [0.25, 0.3) is 0 Å². The predicted molar refractivity (Wildman–Crippen MR) is 110 cm³/mol. The maximum atomic E-state index is 13.2. The van der Waals surface area contributed by atoms with Crippen LogP contribution in [-0.4, -0.2) is 53.3 Å². The topological polar surface area (TPSA) is 82.1 Å². The van der Waals surface area contributed by atoms with Crippen molar-refractivity contribution in [1.29, 1.82) is 0 Å². The number of benzene rings is 1. The summed E-state index contributed by atoms with van der Waals surface area (Å²) in [5, 5.41) is 0. The number of ether oxygens (including phenoxy) is 3. The standard InChI is InChI=1S/C23H31NO6/c1-7-28-20(26)18-16(17(18)19(25)14-11-9-8-10-12-14)15-13-29-23(5,6)24(15)21(27)30-22(2,3)4/h8-12,15-18H,7,13H2,1-6H3/t15-,16+,17+,18+/m0/s1. The van der Waals surface area contributed by atoms with Gasteiger partial charge < -0.3 is 14.2 Å². The van der Waals surface area contributed by atoms with Crippen LogP contribution in [-0.2, 0) is 19.0 Å². The molecular weight excluding hydrogens is 386 g/mol. The molecule has 1 amide bonds. The Morgan fingerprint density at radius 2 is 1.77 bits per heavy atom. The molecule has 1 aliphatic carbocycles. The van der Waals surface area contributed by atoms with E-state index in [1.54, 1.807) is 65.8 Å². The molecule has 4 atom stereocenters. The third-order valence-corrected chi connectivity index (χ3v) is 5.55. The van der Waals surface area contributed by atoms with Crippen molar-refractivity contribution < 1.29 is 28.6 Å². The Kier molecular flexibility index (Phi) is 5.96. The van der Waals surface area contributed by atoms with Gasteiger partial charge in [-0.15, -0.1) is 0 Å². The Labute approximate surface area is 177 Å². The van der Waals surface area contributed by atoms with E-state index in [1.165, 1.54) is 4.90 Å². The van der Waals surface area contributed by atoms with Crippen molar-refractivity contribution in [3.63, 3.8) is 0 Å². The lowest BCUT2D eigenvalue weighted by Gasteiger charge is -2.35. The van der Waals surface area contributed by atoms with Crippen LogP contribution in [0.5, 0.6) is 0 Å². The number of rotatable bonds is 5. The summed E-state index contributed by atoms with van der Waals surface area (Å²) in [5.74, 6) is -2.08. The van der Waals surface area contributed by atoms with Gasteiger partial charge in [-0.05, 0) is 41.5 Å². The fraction of sp³-hybridized carbons (Fsp3) is 0.609. The van der Waals surface area contributed by atoms with Gasteiger partial charge in [0.15, 0.2) is 5.78 Å². The molecule has 0 bridgehead atoms. The summed E-state index contributed by atoms with van der Waals surface area (Å²) in [5.41, 5.74) is -1.04. The highest BCUT2D eigenvalue weighted by molar-refractivity contribution is 6.03. The quantitative estimate of drug-likeness (QED) is 0.537. The van der Waals surface area contributed by atoms with Gasteiger partial charge in [-0.25, -0.2) is 4.79 Å². The maximum Gasteiger partial charge on any atom is 0.412 e. The first-order valence-corrected chi connectivity index (χ1v) is 10.4. The van der Waals surface area contributed by atoms with Gasteiger partial charge in [0.05, 0.1) is 25.2 Å². The third-order valence-electron chi connectivity index (χ3n) is 5.55. The average Bonchev–Trinajstić information content (AvgIpc) is 3.30. The van der Waals surface area contributed by atoms with Crippen molar-refractivity contribution in [3.8, 4) is 0 Å². The highest BCUT2D eigenvalue weighted by Crippen LogP contribution is 2.54. The molecular formula is C23H31NO6. The molecule has 1 saturated carbocycles. The number of carbonyl (C=O) groups is 3. The van der Waals surface area contributed by atoms with Gasteiger partial charge in [-0.1, -0.05) is 30.3 Å². The number of ketones is 1. The van der Waals surface area contributed by atoms with Gasteiger partial charge in [0.2, 0.25) is 0 Å². The minimum atomic E-state index is -0.908. The zero-order valence-corrected chi connectivity index (χ0v) is 18.5. The smallest absolute Gasteiger partial charge is 0.412 e. The van der Waals surface area contributed by atoms with Crippen LogP contribution in [0.3, 0.4) is 0 Å². The number of carbonyl (C=O) groups excluding carboxylic acids is 3. The monoisotopic (exact) mass is 417 g/mol. The SMILES string of the molecule is CCOC(=O)[C@H]1[C@H](C(=O)c2ccccc2)[C@H]1[C@@H]1COC(C)(C)N1C(=O)OC(C)(C)C. The van der Waals surface area contributed by atoms with E-state index in [-0.39, 0.29) is 24.9 Å². The zero-order valence-electron chi connectivity index (χ0n) is 18.5. The second-order valence-electron chi connectivity index (χ2n) is 9.29. The minimum absolute atomic E-state index is 0.118. The van der Waals surface area contributed by atoms with Crippen LogP contribution >= 0.6 is 0 Å². The van der Waals surface area contributed by atoms with E-state index in [1.807, 2.05) is 6.07 Å². The Morgan fingerprint density at radius 1 is 1.13 bits per heavy atom. The molecule has 1 aromatic rings. The van der Waals surface area contributed by atoms with Crippen LogP contribution in [0.15, 0.2) is 30.3 Å². The number of amides is 1. The molecule has 0 radical (unpaired) electrons. The highest BCUT2D eigenvalue weighted by Gasteiger charge is 2.66. The summed E-state index contributed by atoms with van der Waals surface area (Å²) in [6, 6.07) is 8.43. The molecule has 7 heteroatoms. The molecule has 30 heavy (non-hydrogen) atoms. The summed E-state index contributed by atoms with van der Waals surface area (Å²) in [4.78, 5) is 40.3. The van der Waals surface area contributed by atoms with Crippen LogP contribution in [0.1, 0.15) is 51.9 Å². The van der Waals surface area contributed by atoms with E-state index in [9.17, 15) is 14.4 Å². The highest BCUT2D eigenvalue weighted by atomic mass is 16.6. The fourth-order valence-electron chi connectivity index (χ4n) is 4.27. The van der Waals surface area contributed by atoms with Crippen LogP contribution < -0.4 is 0 Å². The van der Waals surface area contributed by atoms with E-state index in [4.69, 9.17) is 14.2 Å². The largest absolute Gasteiger partial charge is 0.466 e. The van der Waals surface area contributed by atoms with E-state index >= 15 is 0 Å². The van der Waals surface area contributed by atoms with E-state index in [0.717, 1.165) is 0 Å². The van der Waals surface area contributed by atoms with E-state index in [0.29, 0.717) is 5.56 Å². The molecule has 1 aliphatic heterocycles. The Morgan fingerprint density at radius 3 is 2.33 bits per heavy atom. The average molecular weight is 418 g/mol. The fourth-order valence-corrected chi connectivity index (χ4v) is 4.27. The lowest BCUT2D eigenvalue weighted by Crippen LogP contribution is -2.51. The van der Waals surface area contributed by atoms with Gasteiger partial charge in [0, 0.05) is 17.4 Å². The number of esters is 1. The maximum absolute atomic E-state index is 13.2. The first-order valence-electron chi connectivity index (χ1n) is 10.4. The summed E-state index contributed by atoms with van der Waals surface area (Å²) in [6.07, 6.45) is -0.518. The molecule has 1 heterocycles. The van der Waals surface area contributed by atoms with Crippen LogP contribution in [0, 0.1) is 17.8 Å². The van der Waals surface area contributed by atoms with Crippen molar-refractivity contribution in [3.05, 3.63) is 35.9 Å². The normalized spacial score (nSPS) is 27.5. The van der Waals surface area contributed by atoms with Crippen molar-refractivity contribution in [2.24, 2.45) is 17.8 Å². The molecule has 0 aromatic heterocycles. The van der Waals surface area contributed by atoms with E-state index in [2.05, 4.69) is 0 Å². The molecule has 3 rings (SSSR count). The van der Waals surface area contributed by atoms with Crippen molar-refractivity contribution in [1.82, 2.24) is 4.90 Å². The van der Waals surface area contributed by atoms with Crippen LogP contribution in [0.2, 0.25) is 0 Å². The Bertz CT molecular complexity index is 813. The summed E-state index contributed by atoms with van der Waals surface area (Å²) >= 11 is 0. The second kappa shape index (κ2) is 8.02. The molecule has 7 nitrogen and oxygen atoms in total. The Hall–Kier alpha value is -2.41. The summed E-state index contributed by atoms with van der Waals surface area (Å²) in [6.45, 7) is 11.2. The van der Waals surface area contributed by atoms with Crippen molar-refractivity contribution in [2.45, 2.75) is 58.9 Å². The first kappa shape index (κ1) is 22.3. The number of Topliss-reactive ketones (excluding diaryl/α,β-unsaturated/α-hetero) is 1. The number of hydrogen-bond acceptors (Lipinski definition) is 6. The van der Waals surface area contributed by atoms with Crippen LogP contribution in [0.4, 0.5) is 4.79 Å². The van der Waals surface area contributed by atoms with Crippen molar-refractivity contribution in [2.75, 3.05) is 13.2 Å². The number of hydrogen-bond donors (Lipinski definition) is 0. The first-order chi connectivity index (χ1) is 14.0. The zero-order chi connectivity index (χ0) is 22.3. The minimum Gasteiger partial charge on any atom is -0.466 e. The third kappa shape index (κ3) is 4.36. The molecule has 1 saturated heterocycles. The van der Waals surface area contributed by atoms with Crippen LogP contribution in [0.25, 0.3) is 0 Å². The molecule has 2 fully saturated rings. The number of nitrogens with zero attached hydrogens (tertiary/aromatic N) is 1. The Balaban J connectivity index is 1.90. The molecule has 164 valence electrons. The van der Waals surface area contributed by atoms with E-state index < -0.39 is 41.3 Å². The summed E-state index contributed by atoms with van der Waals surface area (Å²) in [7, 11) is 0. The van der Waals surface area contributed by atoms with Gasteiger partial charge in [-0.3, -0.25) is 14.5 Å². The molecule has 1 aromatic carbocycles. The molecule has 2 aliphatic rings. The van der Waals surface area contributed by atoms with Gasteiger partial charge in [0.1, 0.15) is 11.3 Å². The lowest BCUT2D eigenvalue weighted by molar-refractivity contribution is -0.145.